The maximum absolute atomic E-state index is 5.45. The molecule has 0 fully saturated rings. The SMILES string of the molecule is CCCOCCCNc1ccc2ccccc2c1. The molecule has 2 aromatic rings. The van der Waals surface area contributed by atoms with Crippen LogP contribution in [-0.2, 0) is 4.74 Å². The van der Waals surface area contributed by atoms with Crippen molar-refractivity contribution in [2.75, 3.05) is 25.1 Å². The van der Waals surface area contributed by atoms with Crippen LogP contribution in [0, 0.1) is 0 Å². The van der Waals surface area contributed by atoms with Crippen molar-refractivity contribution >= 4 is 16.5 Å². The van der Waals surface area contributed by atoms with Crippen LogP contribution >= 0.6 is 0 Å². The van der Waals surface area contributed by atoms with E-state index < -0.39 is 0 Å². The Labute approximate surface area is 109 Å². The molecule has 0 atom stereocenters. The van der Waals surface area contributed by atoms with E-state index in [0.29, 0.717) is 0 Å². The van der Waals surface area contributed by atoms with Gasteiger partial charge in [-0.3, -0.25) is 0 Å². The first kappa shape index (κ1) is 12.9. The lowest BCUT2D eigenvalue weighted by Gasteiger charge is -2.08. The molecule has 0 heterocycles. The minimum absolute atomic E-state index is 0.842. The smallest absolute Gasteiger partial charge is 0.0482 e. The van der Waals surface area contributed by atoms with Crippen LogP contribution in [0.1, 0.15) is 19.8 Å². The minimum atomic E-state index is 0.842. The molecule has 0 aliphatic carbocycles. The molecular formula is C16H21NO. The lowest BCUT2D eigenvalue weighted by molar-refractivity contribution is 0.134. The Kier molecular flexibility index (Phi) is 5.03. The number of nitrogens with one attached hydrogen (secondary N) is 1. The Morgan fingerprint density at radius 2 is 1.83 bits per heavy atom. The Bertz CT molecular complexity index is 481. The zero-order valence-corrected chi connectivity index (χ0v) is 11.0. The average molecular weight is 243 g/mol. The highest BCUT2D eigenvalue weighted by atomic mass is 16.5. The van der Waals surface area contributed by atoms with Gasteiger partial charge in [0.2, 0.25) is 0 Å². The first-order valence-corrected chi connectivity index (χ1v) is 6.70. The van der Waals surface area contributed by atoms with Crippen molar-refractivity contribution in [1.29, 1.82) is 0 Å². The summed E-state index contributed by atoms with van der Waals surface area (Å²) in [5, 5.41) is 6.00. The molecule has 0 spiro atoms. The molecule has 1 N–H and O–H groups in total. The Morgan fingerprint density at radius 3 is 2.67 bits per heavy atom. The molecule has 0 saturated carbocycles. The van der Waals surface area contributed by atoms with Crippen LogP contribution in [0.5, 0.6) is 0 Å². The van der Waals surface area contributed by atoms with Gasteiger partial charge in [-0.25, -0.2) is 0 Å². The fourth-order valence-electron chi connectivity index (χ4n) is 1.95. The average Bonchev–Trinajstić information content (AvgIpc) is 2.42. The van der Waals surface area contributed by atoms with Gasteiger partial charge in [0.05, 0.1) is 0 Å². The van der Waals surface area contributed by atoms with E-state index in [1.54, 1.807) is 0 Å². The predicted molar refractivity (Wildman–Crippen MR) is 78.2 cm³/mol. The van der Waals surface area contributed by atoms with Crippen LogP contribution in [0.4, 0.5) is 5.69 Å². The highest BCUT2D eigenvalue weighted by molar-refractivity contribution is 5.85. The van der Waals surface area contributed by atoms with Crippen molar-refractivity contribution in [2.45, 2.75) is 19.8 Å². The monoisotopic (exact) mass is 243 g/mol. The predicted octanol–water partition coefficient (Wildman–Crippen LogP) is 4.07. The fourth-order valence-corrected chi connectivity index (χ4v) is 1.95. The van der Waals surface area contributed by atoms with Gasteiger partial charge < -0.3 is 10.1 Å². The van der Waals surface area contributed by atoms with Crippen LogP contribution in [0.15, 0.2) is 42.5 Å². The number of fused-ring (bicyclic) bond motifs is 1. The fraction of sp³-hybridized carbons (Fsp3) is 0.375. The van der Waals surface area contributed by atoms with Crippen LogP contribution in [0.25, 0.3) is 10.8 Å². The summed E-state index contributed by atoms with van der Waals surface area (Å²) in [4.78, 5) is 0. The van der Waals surface area contributed by atoms with E-state index >= 15 is 0 Å². The quantitative estimate of drug-likeness (QED) is 0.740. The summed E-state index contributed by atoms with van der Waals surface area (Å²) in [5.41, 5.74) is 1.18. The Balaban J connectivity index is 1.81. The largest absolute Gasteiger partial charge is 0.385 e. The molecule has 0 aliphatic rings. The van der Waals surface area contributed by atoms with E-state index in [1.807, 2.05) is 0 Å². The summed E-state index contributed by atoms with van der Waals surface area (Å²) in [6.45, 7) is 4.81. The first-order valence-electron chi connectivity index (χ1n) is 6.70. The molecule has 2 aromatic carbocycles. The van der Waals surface area contributed by atoms with E-state index in [0.717, 1.165) is 32.6 Å². The van der Waals surface area contributed by atoms with Gasteiger partial charge in [-0.1, -0.05) is 37.3 Å². The van der Waals surface area contributed by atoms with E-state index in [2.05, 4.69) is 54.7 Å². The second-order valence-electron chi connectivity index (χ2n) is 4.45. The second kappa shape index (κ2) is 7.02. The number of rotatable bonds is 7. The van der Waals surface area contributed by atoms with Gasteiger partial charge in [0.25, 0.3) is 0 Å². The van der Waals surface area contributed by atoms with E-state index in [4.69, 9.17) is 4.74 Å². The molecule has 0 bridgehead atoms. The Hall–Kier alpha value is -1.54. The summed E-state index contributed by atoms with van der Waals surface area (Å²) in [7, 11) is 0. The molecule has 2 nitrogen and oxygen atoms in total. The van der Waals surface area contributed by atoms with Gasteiger partial charge in [-0.2, -0.15) is 0 Å². The summed E-state index contributed by atoms with van der Waals surface area (Å²) >= 11 is 0. The van der Waals surface area contributed by atoms with Crippen LogP contribution < -0.4 is 5.32 Å². The maximum Gasteiger partial charge on any atom is 0.0482 e. The minimum Gasteiger partial charge on any atom is -0.385 e. The molecule has 0 radical (unpaired) electrons. The third-order valence-electron chi connectivity index (χ3n) is 2.89. The third-order valence-corrected chi connectivity index (χ3v) is 2.89. The summed E-state index contributed by atoms with van der Waals surface area (Å²) in [6, 6.07) is 14.9. The molecule has 2 heteroatoms. The zero-order chi connectivity index (χ0) is 12.6. The van der Waals surface area contributed by atoms with Gasteiger partial charge in [-0.05, 0) is 35.7 Å². The molecular weight excluding hydrogens is 222 g/mol. The van der Waals surface area contributed by atoms with Crippen LogP contribution in [0.2, 0.25) is 0 Å². The van der Waals surface area contributed by atoms with Crippen molar-refractivity contribution in [2.24, 2.45) is 0 Å². The summed E-state index contributed by atoms with van der Waals surface area (Å²) < 4.78 is 5.45. The maximum atomic E-state index is 5.45. The topological polar surface area (TPSA) is 21.3 Å². The molecule has 0 saturated heterocycles. The standard InChI is InChI=1S/C16H21NO/c1-2-11-18-12-5-10-17-16-9-8-14-6-3-4-7-15(14)13-16/h3-4,6-9,13,17H,2,5,10-12H2,1H3. The normalized spacial score (nSPS) is 10.7. The van der Waals surface area contributed by atoms with Gasteiger partial charge in [0.1, 0.15) is 0 Å². The summed E-state index contributed by atoms with van der Waals surface area (Å²) in [5.74, 6) is 0. The number of ether oxygens (including phenoxy) is 1. The van der Waals surface area contributed by atoms with Crippen molar-refractivity contribution in [3.63, 3.8) is 0 Å². The zero-order valence-electron chi connectivity index (χ0n) is 11.0. The van der Waals surface area contributed by atoms with Crippen molar-refractivity contribution < 1.29 is 4.74 Å². The molecule has 0 amide bonds. The van der Waals surface area contributed by atoms with Crippen molar-refractivity contribution in [3.8, 4) is 0 Å². The highest BCUT2D eigenvalue weighted by Crippen LogP contribution is 2.18. The number of benzene rings is 2. The first-order chi connectivity index (χ1) is 8.90. The molecule has 18 heavy (non-hydrogen) atoms. The van der Waals surface area contributed by atoms with E-state index in [1.165, 1.54) is 16.5 Å². The molecule has 0 unspecified atom stereocenters. The van der Waals surface area contributed by atoms with Gasteiger partial charge in [0, 0.05) is 25.4 Å². The number of hydrogen-bond donors (Lipinski definition) is 1. The van der Waals surface area contributed by atoms with Crippen molar-refractivity contribution in [1.82, 2.24) is 0 Å². The highest BCUT2D eigenvalue weighted by Gasteiger charge is 1.95. The summed E-state index contributed by atoms with van der Waals surface area (Å²) in [6.07, 6.45) is 2.14. The Morgan fingerprint density at radius 1 is 1.00 bits per heavy atom. The second-order valence-corrected chi connectivity index (χ2v) is 4.45. The number of anilines is 1. The molecule has 96 valence electrons. The van der Waals surface area contributed by atoms with Gasteiger partial charge in [0.15, 0.2) is 0 Å². The molecule has 2 rings (SSSR count). The van der Waals surface area contributed by atoms with E-state index in [9.17, 15) is 0 Å². The number of hydrogen-bond acceptors (Lipinski definition) is 2. The molecule has 0 aromatic heterocycles. The molecule has 0 aliphatic heterocycles. The van der Waals surface area contributed by atoms with E-state index in [-0.39, 0.29) is 0 Å². The lowest BCUT2D eigenvalue weighted by Crippen LogP contribution is -2.06. The van der Waals surface area contributed by atoms with Gasteiger partial charge >= 0.3 is 0 Å². The van der Waals surface area contributed by atoms with Crippen LogP contribution in [0.3, 0.4) is 0 Å². The van der Waals surface area contributed by atoms with Crippen molar-refractivity contribution in [3.05, 3.63) is 42.5 Å². The third kappa shape index (κ3) is 3.74. The van der Waals surface area contributed by atoms with Crippen LogP contribution in [-0.4, -0.2) is 19.8 Å². The lowest BCUT2D eigenvalue weighted by atomic mass is 10.1. The van der Waals surface area contributed by atoms with Gasteiger partial charge in [-0.15, -0.1) is 0 Å².